The largest absolute Gasteiger partial charge is 0.348 e. The lowest BCUT2D eigenvalue weighted by atomic mass is 10.1. The second-order valence-corrected chi connectivity index (χ2v) is 10.9. The first-order valence-corrected chi connectivity index (χ1v) is 12.3. The van der Waals surface area contributed by atoms with Crippen molar-refractivity contribution in [2.24, 2.45) is 0 Å². The summed E-state index contributed by atoms with van der Waals surface area (Å²) in [5, 5.41) is 2.65. The molecule has 2 aromatic carbocycles. The molecule has 1 aromatic heterocycles. The number of anilines is 1. The quantitative estimate of drug-likeness (QED) is 0.445. The minimum absolute atomic E-state index is 0.00987. The normalized spacial score (nSPS) is 18.3. The molecule has 0 spiro atoms. The summed E-state index contributed by atoms with van der Waals surface area (Å²) in [5.74, 6) is -0.696. The summed E-state index contributed by atoms with van der Waals surface area (Å²) in [6, 6.07) is 9.62. The number of carbonyl (C=O) groups excluding carboxylic acids is 1. The van der Waals surface area contributed by atoms with Crippen LogP contribution >= 0.6 is 0 Å². The zero-order valence-corrected chi connectivity index (χ0v) is 17.1. The van der Waals surface area contributed by atoms with Crippen molar-refractivity contribution in [3.63, 3.8) is 0 Å². The number of benzene rings is 2. The molecule has 0 radical (unpaired) electrons. The molecule has 1 saturated heterocycles. The highest BCUT2D eigenvalue weighted by Crippen LogP contribution is 2.22. The van der Waals surface area contributed by atoms with Gasteiger partial charge in [0.2, 0.25) is 0 Å². The first-order valence-electron chi connectivity index (χ1n) is 8.98. The lowest BCUT2D eigenvalue weighted by Gasteiger charge is -2.15. The fourth-order valence-corrected chi connectivity index (χ4v) is 6.10. The lowest BCUT2D eigenvalue weighted by molar-refractivity contribution is 0.0942. The molecule has 2 heterocycles. The standard InChI is InChI=1S/C18H18N4O6S2/c23-17(19-11-7-8-29(25,26)10-11)13-3-1-2-4-14(13)22-30(27,28)12-5-6-15-16(9-12)21-18(24)20-15/h1-6,9,11,22H,7-8,10H2,(H,19,23)(H2,20,21,24)/t11-/m1/s1. The van der Waals surface area contributed by atoms with Gasteiger partial charge in [-0.15, -0.1) is 0 Å². The van der Waals surface area contributed by atoms with Crippen LogP contribution < -0.4 is 15.7 Å². The Labute approximate surface area is 171 Å². The van der Waals surface area contributed by atoms with Crippen molar-refractivity contribution in [2.75, 3.05) is 16.2 Å². The van der Waals surface area contributed by atoms with E-state index in [1.807, 2.05) is 0 Å². The number of hydrogen-bond acceptors (Lipinski definition) is 6. The van der Waals surface area contributed by atoms with Crippen LogP contribution in [0.4, 0.5) is 5.69 Å². The molecule has 3 aromatic rings. The smallest absolute Gasteiger partial charge is 0.323 e. The molecular formula is C18H18N4O6S2. The van der Waals surface area contributed by atoms with Gasteiger partial charge in [0.1, 0.15) is 0 Å². The number of H-pyrrole nitrogens is 2. The van der Waals surface area contributed by atoms with Gasteiger partial charge in [0.05, 0.1) is 38.7 Å². The van der Waals surface area contributed by atoms with E-state index >= 15 is 0 Å². The fourth-order valence-electron chi connectivity index (χ4n) is 3.32. The molecule has 1 aliphatic heterocycles. The second kappa shape index (κ2) is 7.29. The number of para-hydroxylation sites is 1. The predicted molar refractivity (Wildman–Crippen MR) is 111 cm³/mol. The minimum atomic E-state index is -4.06. The van der Waals surface area contributed by atoms with Crippen LogP contribution in [0.25, 0.3) is 11.0 Å². The van der Waals surface area contributed by atoms with Crippen molar-refractivity contribution >= 4 is 42.5 Å². The molecule has 1 atom stereocenters. The number of amides is 1. The molecule has 1 amide bonds. The van der Waals surface area contributed by atoms with Gasteiger partial charge in [-0.05, 0) is 36.8 Å². The Kier molecular flexibility index (Phi) is 4.90. The number of aromatic nitrogens is 2. The molecule has 12 heteroatoms. The highest BCUT2D eigenvalue weighted by molar-refractivity contribution is 7.92. The Bertz CT molecular complexity index is 1410. The van der Waals surface area contributed by atoms with E-state index < -0.39 is 37.5 Å². The zero-order chi connectivity index (χ0) is 21.5. The maximum absolute atomic E-state index is 12.8. The summed E-state index contributed by atoms with van der Waals surface area (Å²) in [7, 11) is -7.23. The van der Waals surface area contributed by atoms with E-state index in [0.29, 0.717) is 17.5 Å². The summed E-state index contributed by atoms with van der Waals surface area (Å²) in [6.07, 6.45) is 0.316. The SMILES string of the molecule is O=C(N[C@@H]1CCS(=O)(=O)C1)c1ccccc1NS(=O)(=O)c1ccc2[nH]c(=O)[nH]c2c1. The number of rotatable bonds is 5. The Morgan fingerprint density at radius 3 is 2.53 bits per heavy atom. The van der Waals surface area contributed by atoms with Crippen molar-refractivity contribution in [3.8, 4) is 0 Å². The number of nitrogens with one attached hydrogen (secondary N) is 4. The van der Waals surface area contributed by atoms with Gasteiger partial charge in [0, 0.05) is 6.04 Å². The molecule has 1 fully saturated rings. The molecule has 0 saturated carbocycles. The Morgan fingerprint density at radius 1 is 1.07 bits per heavy atom. The van der Waals surface area contributed by atoms with E-state index in [0.717, 1.165) is 0 Å². The third-order valence-corrected chi connectivity index (χ3v) is 7.91. The van der Waals surface area contributed by atoms with E-state index in [1.54, 1.807) is 12.1 Å². The van der Waals surface area contributed by atoms with Crippen LogP contribution in [0.2, 0.25) is 0 Å². The lowest BCUT2D eigenvalue weighted by Crippen LogP contribution is -2.36. The third-order valence-electron chi connectivity index (χ3n) is 4.78. The van der Waals surface area contributed by atoms with E-state index in [4.69, 9.17) is 0 Å². The van der Waals surface area contributed by atoms with E-state index in [2.05, 4.69) is 20.0 Å². The average Bonchev–Trinajstić information content (AvgIpc) is 3.21. The molecule has 0 bridgehead atoms. The van der Waals surface area contributed by atoms with E-state index in [-0.39, 0.29) is 27.7 Å². The number of imidazole rings is 1. The van der Waals surface area contributed by atoms with Crippen LogP contribution in [0.15, 0.2) is 52.2 Å². The molecule has 10 nitrogen and oxygen atoms in total. The second-order valence-electron chi connectivity index (χ2n) is 7.01. The maximum Gasteiger partial charge on any atom is 0.323 e. The highest BCUT2D eigenvalue weighted by atomic mass is 32.2. The first kappa shape index (κ1) is 20.2. The van der Waals surface area contributed by atoms with Gasteiger partial charge in [-0.25, -0.2) is 21.6 Å². The van der Waals surface area contributed by atoms with E-state index in [1.165, 1.54) is 30.3 Å². The van der Waals surface area contributed by atoms with Gasteiger partial charge in [-0.1, -0.05) is 12.1 Å². The molecule has 158 valence electrons. The molecule has 30 heavy (non-hydrogen) atoms. The number of sulfonamides is 1. The van der Waals surface area contributed by atoms with Crippen molar-refractivity contribution in [3.05, 3.63) is 58.5 Å². The summed E-state index contributed by atoms with van der Waals surface area (Å²) in [6.45, 7) is 0. The van der Waals surface area contributed by atoms with Crippen molar-refractivity contribution in [2.45, 2.75) is 17.4 Å². The van der Waals surface area contributed by atoms with Crippen molar-refractivity contribution in [1.82, 2.24) is 15.3 Å². The summed E-state index contributed by atoms with van der Waals surface area (Å²) < 4.78 is 51.2. The summed E-state index contributed by atoms with van der Waals surface area (Å²) >= 11 is 0. The van der Waals surface area contributed by atoms with Crippen LogP contribution in [-0.2, 0) is 19.9 Å². The molecule has 0 unspecified atom stereocenters. The van der Waals surface area contributed by atoms with Crippen LogP contribution in [0.1, 0.15) is 16.8 Å². The van der Waals surface area contributed by atoms with E-state index in [9.17, 15) is 26.4 Å². The predicted octanol–water partition coefficient (Wildman–Crippen LogP) is 0.574. The molecule has 4 N–H and O–H groups in total. The average molecular weight is 450 g/mol. The van der Waals surface area contributed by atoms with Crippen molar-refractivity contribution < 1.29 is 21.6 Å². The monoisotopic (exact) mass is 450 g/mol. The number of hydrogen-bond donors (Lipinski definition) is 4. The number of aromatic amines is 2. The van der Waals surface area contributed by atoms with Gasteiger partial charge in [0.25, 0.3) is 15.9 Å². The molecular weight excluding hydrogens is 432 g/mol. The van der Waals surface area contributed by atoms with Crippen LogP contribution in [0.3, 0.4) is 0 Å². The number of carbonyl (C=O) groups is 1. The minimum Gasteiger partial charge on any atom is -0.348 e. The van der Waals surface area contributed by atoms with Gasteiger partial charge in [-0.2, -0.15) is 0 Å². The number of sulfone groups is 1. The summed E-state index contributed by atoms with van der Waals surface area (Å²) in [4.78, 5) is 29.0. The first-order chi connectivity index (χ1) is 14.1. The van der Waals surface area contributed by atoms with Crippen LogP contribution in [-0.4, -0.2) is 50.3 Å². The maximum atomic E-state index is 12.8. The van der Waals surface area contributed by atoms with Crippen LogP contribution in [0, 0.1) is 0 Å². The van der Waals surface area contributed by atoms with Gasteiger partial charge < -0.3 is 15.3 Å². The van der Waals surface area contributed by atoms with Crippen LogP contribution in [0.5, 0.6) is 0 Å². The van der Waals surface area contributed by atoms with Gasteiger partial charge in [0.15, 0.2) is 9.84 Å². The zero-order valence-electron chi connectivity index (χ0n) is 15.5. The molecule has 4 rings (SSSR count). The Hall–Kier alpha value is -3.12. The van der Waals surface area contributed by atoms with Gasteiger partial charge in [-0.3, -0.25) is 9.52 Å². The molecule has 0 aliphatic carbocycles. The van der Waals surface area contributed by atoms with Gasteiger partial charge >= 0.3 is 5.69 Å². The fraction of sp³-hybridized carbons (Fsp3) is 0.222. The molecule has 1 aliphatic rings. The Balaban J connectivity index is 1.59. The summed E-state index contributed by atoms with van der Waals surface area (Å²) in [5.41, 5.74) is 0.463. The Morgan fingerprint density at radius 2 is 1.80 bits per heavy atom. The topological polar surface area (TPSA) is 158 Å². The third kappa shape index (κ3) is 4.09. The highest BCUT2D eigenvalue weighted by Gasteiger charge is 2.30. The van der Waals surface area contributed by atoms with Crippen molar-refractivity contribution in [1.29, 1.82) is 0 Å². The number of fused-ring (bicyclic) bond motifs is 1.